The summed E-state index contributed by atoms with van der Waals surface area (Å²) in [5.74, 6) is -0.806. The Morgan fingerprint density at radius 3 is 2.18 bits per heavy atom. The first kappa shape index (κ1) is 28.8. The number of ketones is 1. The highest BCUT2D eigenvalue weighted by Gasteiger charge is 2.33. The van der Waals surface area contributed by atoms with Crippen molar-refractivity contribution in [1.82, 2.24) is 4.90 Å². The number of ether oxygens (including phenoxy) is 1. The van der Waals surface area contributed by atoms with Crippen LogP contribution in [0.25, 0.3) is 11.1 Å². The van der Waals surface area contributed by atoms with E-state index in [-0.39, 0.29) is 18.1 Å². The molecule has 0 saturated heterocycles. The molecule has 1 atom stereocenters. The quantitative estimate of drug-likeness (QED) is 0.205. The predicted octanol–water partition coefficient (Wildman–Crippen LogP) is 6.18. The molecule has 0 heterocycles. The van der Waals surface area contributed by atoms with Gasteiger partial charge in [-0.15, -0.1) is 0 Å². The monoisotopic (exact) mass is 515 g/mol. The van der Waals surface area contributed by atoms with Crippen LogP contribution < -0.4 is 0 Å². The van der Waals surface area contributed by atoms with E-state index in [1.807, 2.05) is 72.8 Å². The lowest BCUT2D eigenvalue weighted by molar-refractivity contribution is -0.162. The Bertz CT molecular complexity index is 1220. The molecule has 1 N–H and O–H groups in total. The third kappa shape index (κ3) is 8.12. The number of carboxylic acid groups (broad SMARTS) is 1. The van der Waals surface area contributed by atoms with Crippen molar-refractivity contribution in [3.63, 3.8) is 0 Å². The van der Waals surface area contributed by atoms with E-state index < -0.39 is 11.6 Å². The van der Waals surface area contributed by atoms with E-state index in [0.29, 0.717) is 38.8 Å². The molecule has 0 radical (unpaired) electrons. The molecule has 0 aliphatic heterocycles. The number of unbranched alkanes of at least 4 members (excludes halogenated alkanes) is 1. The van der Waals surface area contributed by atoms with Gasteiger partial charge < -0.3 is 14.7 Å². The number of aliphatic carboxylic acids is 1. The molecule has 38 heavy (non-hydrogen) atoms. The van der Waals surface area contributed by atoms with Gasteiger partial charge in [0.2, 0.25) is 5.91 Å². The van der Waals surface area contributed by atoms with Crippen LogP contribution in [0.1, 0.15) is 61.0 Å². The maximum absolute atomic E-state index is 12.7. The number of rotatable bonds is 14. The van der Waals surface area contributed by atoms with Crippen molar-refractivity contribution < 1.29 is 24.2 Å². The number of benzene rings is 3. The van der Waals surface area contributed by atoms with Gasteiger partial charge >= 0.3 is 5.97 Å². The second-order valence-corrected chi connectivity index (χ2v) is 9.79. The lowest BCUT2D eigenvalue weighted by Crippen LogP contribution is -2.40. The van der Waals surface area contributed by atoms with Crippen LogP contribution in [-0.4, -0.2) is 46.9 Å². The van der Waals surface area contributed by atoms with Gasteiger partial charge in [-0.25, -0.2) is 4.79 Å². The minimum absolute atomic E-state index is 0.0580. The van der Waals surface area contributed by atoms with Gasteiger partial charge in [0.25, 0.3) is 0 Å². The fraction of sp³-hybridized carbons (Fsp3) is 0.344. The molecule has 1 amide bonds. The zero-order valence-corrected chi connectivity index (χ0v) is 22.5. The number of carbonyl (C=O) groups is 3. The molecule has 3 aromatic rings. The van der Waals surface area contributed by atoms with Crippen molar-refractivity contribution >= 4 is 17.7 Å². The van der Waals surface area contributed by atoms with E-state index in [1.165, 1.54) is 0 Å². The van der Waals surface area contributed by atoms with Gasteiger partial charge in [-0.3, -0.25) is 9.59 Å². The van der Waals surface area contributed by atoms with E-state index in [4.69, 9.17) is 4.74 Å². The van der Waals surface area contributed by atoms with Gasteiger partial charge in [0, 0.05) is 45.0 Å². The van der Waals surface area contributed by atoms with Crippen molar-refractivity contribution in [3.05, 3.63) is 95.6 Å². The van der Waals surface area contributed by atoms with Crippen LogP contribution in [0, 0.1) is 0 Å². The number of amides is 1. The van der Waals surface area contributed by atoms with Crippen LogP contribution in [0.3, 0.4) is 0 Å². The first-order chi connectivity index (χ1) is 18.2. The third-order valence-corrected chi connectivity index (χ3v) is 6.66. The second kappa shape index (κ2) is 13.7. The van der Waals surface area contributed by atoms with Gasteiger partial charge in [-0.2, -0.15) is 0 Å². The molecule has 0 spiro atoms. The van der Waals surface area contributed by atoms with Crippen LogP contribution in [0.5, 0.6) is 0 Å². The van der Waals surface area contributed by atoms with Gasteiger partial charge in [-0.1, -0.05) is 72.8 Å². The standard InChI is InChI=1S/C32H37NO5/c1-4-38-32(2,31(36)37)22-24-17-19-26(20-18-24)28-14-10-11-25(21-28)23-33(3)30(35)16-9-8-15-29(34)27-12-6-5-7-13-27/h5-7,10-14,17-21H,4,8-9,15-16,22-23H2,1-3H3,(H,36,37)/t32-/m0/s1. The molecular weight excluding hydrogens is 478 g/mol. The van der Waals surface area contributed by atoms with Crippen LogP contribution >= 0.6 is 0 Å². The van der Waals surface area contributed by atoms with Crippen molar-refractivity contribution in [1.29, 1.82) is 0 Å². The summed E-state index contributed by atoms with van der Waals surface area (Å²) in [6, 6.07) is 25.1. The van der Waals surface area contributed by atoms with Gasteiger partial charge in [0.05, 0.1) is 0 Å². The molecular formula is C32H37NO5. The fourth-order valence-electron chi connectivity index (χ4n) is 4.44. The average molecular weight is 516 g/mol. The molecule has 0 aromatic heterocycles. The topological polar surface area (TPSA) is 83.9 Å². The van der Waals surface area contributed by atoms with Gasteiger partial charge in [-0.05, 0) is 55.0 Å². The number of carboxylic acids is 1. The number of nitrogens with zero attached hydrogens (tertiary/aromatic N) is 1. The maximum Gasteiger partial charge on any atom is 0.336 e. The smallest absolute Gasteiger partial charge is 0.336 e. The SMILES string of the molecule is CCO[C@@](C)(Cc1ccc(-c2cccc(CN(C)C(=O)CCCCC(=O)c3ccccc3)c2)cc1)C(=O)O. The van der Waals surface area contributed by atoms with Crippen LogP contribution in [0.2, 0.25) is 0 Å². The highest BCUT2D eigenvalue weighted by Crippen LogP contribution is 2.24. The molecule has 3 aromatic carbocycles. The van der Waals surface area contributed by atoms with Gasteiger partial charge in [0.1, 0.15) is 0 Å². The Morgan fingerprint density at radius 2 is 1.53 bits per heavy atom. The summed E-state index contributed by atoms with van der Waals surface area (Å²) >= 11 is 0. The normalized spacial score (nSPS) is 12.5. The molecule has 0 fully saturated rings. The van der Waals surface area contributed by atoms with Crippen molar-refractivity contribution in [2.24, 2.45) is 0 Å². The molecule has 0 bridgehead atoms. The minimum atomic E-state index is -1.26. The molecule has 3 rings (SSSR count). The molecule has 0 unspecified atom stereocenters. The Kier molecular flexibility index (Phi) is 10.4. The Morgan fingerprint density at radius 1 is 0.842 bits per heavy atom. The van der Waals surface area contributed by atoms with Crippen molar-refractivity contribution in [2.75, 3.05) is 13.7 Å². The Labute approximate surface area is 225 Å². The number of hydrogen-bond donors (Lipinski definition) is 1. The summed E-state index contributed by atoms with van der Waals surface area (Å²) in [5, 5.41) is 9.56. The summed E-state index contributed by atoms with van der Waals surface area (Å²) in [6.45, 7) is 4.22. The summed E-state index contributed by atoms with van der Waals surface area (Å²) in [4.78, 5) is 38.3. The van der Waals surface area contributed by atoms with Crippen LogP contribution in [-0.2, 0) is 27.3 Å². The molecule has 200 valence electrons. The second-order valence-electron chi connectivity index (χ2n) is 9.79. The largest absolute Gasteiger partial charge is 0.479 e. The third-order valence-electron chi connectivity index (χ3n) is 6.66. The number of Topliss-reactive ketones (excluding diaryl/α,β-unsaturated/α-hetero) is 1. The minimum Gasteiger partial charge on any atom is -0.479 e. The summed E-state index contributed by atoms with van der Waals surface area (Å²) < 4.78 is 5.49. The highest BCUT2D eigenvalue weighted by molar-refractivity contribution is 5.95. The zero-order valence-electron chi connectivity index (χ0n) is 22.5. The van der Waals surface area contributed by atoms with E-state index in [2.05, 4.69) is 6.07 Å². The van der Waals surface area contributed by atoms with Crippen LogP contribution in [0.15, 0.2) is 78.9 Å². The fourth-order valence-corrected chi connectivity index (χ4v) is 4.44. The zero-order chi connectivity index (χ0) is 27.5. The molecule has 6 heteroatoms. The molecule has 6 nitrogen and oxygen atoms in total. The highest BCUT2D eigenvalue weighted by atomic mass is 16.5. The van der Waals surface area contributed by atoms with E-state index in [9.17, 15) is 19.5 Å². The predicted molar refractivity (Wildman–Crippen MR) is 149 cm³/mol. The summed E-state index contributed by atoms with van der Waals surface area (Å²) in [6.07, 6.45) is 2.51. The Balaban J connectivity index is 1.52. The molecule has 0 saturated carbocycles. The summed E-state index contributed by atoms with van der Waals surface area (Å²) in [5.41, 5.74) is 3.41. The lowest BCUT2D eigenvalue weighted by Gasteiger charge is -2.24. The average Bonchev–Trinajstić information content (AvgIpc) is 2.92. The first-order valence-electron chi connectivity index (χ1n) is 13.1. The summed E-state index contributed by atoms with van der Waals surface area (Å²) in [7, 11) is 1.80. The maximum atomic E-state index is 12.7. The van der Waals surface area contributed by atoms with E-state index in [0.717, 1.165) is 27.8 Å². The van der Waals surface area contributed by atoms with Gasteiger partial charge in [0.15, 0.2) is 11.4 Å². The molecule has 0 aliphatic rings. The molecule has 0 aliphatic carbocycles. The number of carbonyl (C=O) groups excluding carboxylic acids is 2. The lowest BCUT2D eigenvalue weighted by atomic mass is 9.94. The van der Waals surface area contributed by atoms with Crippen molar-refractivity contribution in [2.45, 2.75) is 58.1 Å². The number of hydrogen-bond acceptors (Lipinski definition) is 4. The van der Waals surface area contributed by atoms with E-state index >= 15 is 0 Å². The van der Waals surface area contributed by atoms with Crippen LogP contribution in [0.4, 0.5) is 0 Å². The first-order valence-corrected chi connectivity index (χ1v) is 13.1. The Hall–Kier alpha value is -3.77. The van der Waals surface area contributed by atoms with Crippen molar-refractivity contribution in [3.8, 4) is 11.1 Å². The van der Waals surface area contributed by atoms with E-state index in [1.54, 1.807) is 25.8 Å².